The zero-order valence-electron chi connectivity index (χ0n) is 17.6. The average molecular weight is 438 g/mol. The number of carboxylic acids is 1. The third-order valence-corrected chi connectivity index (χ3v) is 5.21. The summed E-state index contributed by atoms with van der Waals surface area (Å²) in [5.74, 6) is -1.28. The second kappa shape index (κ2) is 11.0. The van der Waals surface area contributed by atoms with Crippen LogP contribution < -0.4 is 10.6 Å². The van der Waals surface area contributed by atoms with Crippen molar-refractivity contribution in [1.82, 2.24) is 10.6 Å². The van der Waals surface area contributed by atoms with Crippen molar-refractivity contribution in [2.45, 2.75) is 24.8 Å². The highest BCUT2D eigenvalue weighted by atomic mass is 16.6. The third-order valence-electron chi connectivity index (χ3n) is 5.21. The molecule has 0 bridgehead atoms. The Labute approximate surface area is 186 Å². The van der Waals surface area contributed by atoms with Crippen molar-refractivity contribution in [2.24, 2.45) is 0 Å². The molecule has 0 unspecified atom stereocenters. The summed E-state index contributed by atoms with van der Waals surface area (Å²) in [5, 5.41) is 14.3. The van der Waals surface area contributed by atoms with Crippen LogP contribution >= 0.6 is 0 Å². The lowest BCUT2D eigenvalue weighted by Crippen LogP contribution is -2.42. The van der Waals surface area contributed by atoms with Gasteiger partial charge in [0.1, 0.15) is 19.3 Å². The predicted octanol–water partition coefficient (Wildman–Crippen LogP) is 3.67. The van der Waals surface area contributed by atoms with Gasteiger partial charge in [0, 0.05) is 12.5 Å². The summed E-state index contributed by atoms with van der Waals surface area (Å²) in [7, 11) is 0. The smallest absolute Gasteiger partial charge is 0.407 e. The van der Waals surface area contributed by atoms with Crippen LogP contribution in [0.4, 0.5) is 9.59 Å². The van der Waals surface area contributed by atoms with Crippen molar-refractivity contribution >= 4 is 18.2 Å². The monoisotopic (exact) mass is 438 g/mol. The minimum Gasteiger partial charge on any atom is -0.480 e. The Morgan fingerprint density at radius 1 is 1.00 bits per heavy atom. The van der Waals surface area contributed by atoms with E-state index in [1.807, 2.05) is 48.5 Å². The molecule has 0 heterocycles. The topological polar surface area (TPSA) is 114 Å². The highest BCUT2D eigenvalue weighted by Crippen LogP contribution is 2.44. The van der Waals surface area contributed by atoms with Crippen LogP contribution in [0.5, 0.6) is 0 Å². The standard InChI is InChI=1S/C24H26N2O6/c1-2-14-31-23(29)25-13-7-12-21(22(27)28)26-24(30)32-15-20-18-10-5-3-8-16(18)17-9-4-6-11-19(17)20/h2-6,8-11,20-21H,1,7,12-15H2,(H,25,29)(H,26,30)(H,27,28)/t21-/m0/s1. The maximum absolute atomic E-state index is 12.3. The van der Waals surface area contributed by atoms with Crippen LogP contribution in [0, 0.1) is 0 Å². The van der Waals surface area contributed by atoms with E-state index in [2.05, 4.69) is 17.2 Å². The van der Waals surface area contributed by atoms with Crippen molar-refractivity contribution in [3.63, 3.8) is 0 Å². The largest absolute Gasteiger partial charge is 0.480 e. The van der Waals surface area contributed by atoms with Crippen molar-refractivity contribution in [1.29, 1.82) is 0 Å². The maximum Gasteiger partial charge on any atom is 0.407 e. The molecule has 168 valence electrons. The first-order valence-corrected chi connectivity index (χ1v) is 10.4. The minimum atomic E-state index is -1.17. The van der Waals surface area contributed by atoms with E-state index in [0.717, 1.165) is 22.3 Å². The summed E-state index contributed by atoms with van der Waals surface area (Å²) in [4.78, 5) is 35.2. The zero-order chi connectivity index (χ0) is 22.9. The van der Waals surface area contributed by atoms with Crippen molar-refractivity contribution in [3.05, 3.63) is 72.3 Å². The summed E-state index contributed by atoms with van der Waals surface area (Å²) < 4.78 is 10.2. The lowest BCUT2D eigenvalue weighted by atomic mass is 9.98. The second-order valence-electron chi connectivity index (χ2n) is 7.32. The number of fused-ring (bicyclic) bond motifs is 3. The van der Waals surface area contributed by atoms with Gasteiger partial charge in [-0.15, -0.1) is 0 Å². The molecule has 3 rings (SSSR count). The van der Waals surface area contributed by atoms with Crippen LogP contribution in [0.25, 0.3) is 11.1 Å². The van der Waals surface area contributed by atoms with Gasteiger partial charge in [-0.3, -0.25) is 0 Å². The van der Waals surface area contributed by atoms with E-state index in [4.69, 9.17) is 9.47 Å². The molecule has 8 heteroatoms. The van der Waals surface area contributed by atoms with E-state index in [1.54, 1.807) is 0 Å². The van der Waals surface area contributed by atoms with Gasteiger partial charge in [0.25, 0.3) is 0 Å². The highest BCUT2D eigenvalue weighted by molar-refractivity contribution is 5.81. The summed E-state index contributed by atoms with van der Waals surface area (Å²) in [6, 6.07) is 14.8. The fraction of sp³-hybridized carbons (Fsp3) is 0.292. The number of hydrogen-bond acceptors (Lipinski definition) is 5. The number of amides is 2. The molecule has 0 fully saturated rings. The Kier molecular flexibility index (Phi) is 7.85. The zero-order valence-corrected chi connectivity index (χ0v) is 17.6. The van der Waals surface area contributed by atoms with E-state index in [0.29, 0.717) is 6.42 Å². The molecule has 1 aliphatic rings. The Bertz CT molecular complexity index is 944. The molecule has 2 amide bonds. The molecule has 8 nitrogen and oxygen atoms in total. The van der Waals surface area contributed by atoms with Crippen LogP contribution in [-0.2, 0) is 14.3 Å². The molecule has 0 saturated carbocycles. The lowest BCUT2D eigenvalue weighted by molar-refractivity contribution is -0.139. The Balaban J connectivity index is 1.50. The summed E-state index contributed by atoms with van der Waals surface area (Å²) in [5.41, 5.74) is 4.37. The number of carbonyl (C=O) groups excluding carboxylic acids is 2. The average Bonchev–Trinajstić information content (AvgIpc) is 3.12. The van der Waals surface area contributed by atoms with Crippen LogP contribution in [0.2, 0.25) is 0 Å². The summed E-state index contributed by atoms with van der Waals surface area (Å²) in [6.45, 7) is 3.84. The fourth-order valence-corrected chi connectivity index (χ4v) is 3.72. The molecule has 0 spiro atoms. The van der Waals surface area contributed by atoms with E-state index in [1.165, 1.54) is 6.08 Å². The number of hydrogen-bond donors (Lipinski definition) is 3. The molecule has 1 aliphatic carbocycles. The van der Waals surface area contributed by atoms with E-state index >= 15 is 0 Å². The molecule has 2 aromatic rings. The van der Waals surface area contributed by atoms with Gasteiger partial charge in [-0.2, -0.15) is 0 Å². The Morgan fingerprint density at radius 3 is 2.22 bits per heavy atom. The van der Waals surface area contributed by atoms with Gasteiger partial charge in [0.05, 0.1) is 0 Å². The third kappa shape index (κ3) is 5.66. The number of alkyl carbamates (subject to hydrolysis) is 2. The first-order chi connectivity index (χ1) is 15.5. The molecule has 0 saturated heterocycles. The normalized spacial score (nSPS) is 12.8. The Hall–Kier alpha value is -3.81. The molecule has 0 aromatic heterocycles. The summed E-state index contributed by atoms with van der Waals surface area (Å²) in [6.07, 6.45) is 0.502. The van der Waals surface area contributed by atoms with Crippen molar-refractivity contribution in [3.8, 4) is 11.1 Å². The number of benzene rings is 2. The van der Waals surface area contributed by atoms with Crippen LogP contribution in [0.15, 0.2) is 61.2 Å². The SMILES string of the molecule is C=CCOC(=O)NCCC[C@H](NC(=O)OCC1c2ccccc2-c2ccccc21)C(=O)O. The van der Waals surface area contributed by atoms with Crippen molar-refractivity contribution in [2.75, 3.05) is 19.8 Å². The lowest BCUT2D eigenvalue weighted by Gasteiger charge is -2.17. The predicted molar refractivity (Wildman–Crippen MR) is 118 cm³/mol. The van der Waals surface area contributed by atoms with E-state index in [-0.39, 0.29) is 32.1 Å². The molecule has 3 N–H and O–H groups in total. The van der Waals surface area contributed by atoms with Crippen molar-refractivity contribution < 1.29 is 29.0 Å². The first-order valence-electron chi connectivity index (χ1n) is 10.4. The van der Waals surface area contributed by atoms with Gasteiger partial charge in [0.2, 0.25) is 0 Å². The van der Waals surface area contributed by atoms with Gasteiger partial charge >= 0.3 is 18.2 Å². The highest BCUT2D eigenvalue weighted by Gasteiger charge is 2.29. The fourth-order valence-electron chi connectivity index (χ4n) is 3.72. The molecule has 0 radical (unpaired) electrons. The number of aliphatic carboxylic acids is 1. The van der Waals surface area contributed by atoms with Crippen LogP contribution in [0.1, 0.15) is 29.9 Å². The number of rotatable bonds is 10. The van der Waals surface area contributed by atoms with Crippen LogP contribution in [0.3, 0.4) is 0 Å². The molecule has 0 aliphatic heterocycles. The van der Waals surface area contributed by atoms with Gasteiger partial charge < -0.3 is 25.2 Å². The number of carbonyl (C=O) groups is 3. The molecular weight excluding hydrogens is 412 g/mol. The number of ether oxygens (including phenoxy) is 2. The molecule has 32 heavy (non-hydrogen) atoms. The van der Waals surface area contributed by atoms with Gasteiger partial charge in [0.15, 0.2) is 0 Å². The van der Waals surface area contributed by atoms with Gasteiger partial charge in [-0.05, 0) is 35.1 Å². The van der Waals surface area contributed by atoms with E-state index < -0.39 is 24.2 Å². The number of carboxylic acid groups (broad SMARTS) is 1. The molecule has 2 aromatic carbocycles. The quantitative estimate of drug-likeness (QED) is 0.385. The van der Waals surface area contributed by atoms with Gasteiger partial charge in [-0.1, -0.05) is 61.2 Å². The minimum absolute atomic E-state index is 0.0902. The summed E-state index contributed by atoms with van der Waals surface area (Å²) >= 11 is 0. The molecule has 1 atom stereocenters. The maximum atomic E-state index is 12.3. The second-order valence-corrected chi connectivity index (χ2v) is 7.32. The van der Waals surface area contributed by atoms with Crippen LogP contribution in [-0.4, -0.2) is 49.1 Å². The molecular formula is C24H26N2O6. The number of nitrogens with one attached hydrogen (secondary N) is 2. The van der Waals surface area contributed by atoms with E-state index in [9.17, 15) is 19.5 Å². The van der Waals surface area contributed by atoms with Gasteiger partial charge in [-0.25, -0.2) is 14.4 Å². The Morgan fingerprint density at radius 2 is 1.62 bits per heavy atom. The first kappa shape index (κ1) is 22.9.